The lowest BCUT2D eigenvalue weighted by Crippen LogP contribution is -2.44. The number of allylic oxidation sites excluding steroid dienone is 2. The molecule has 0 spiro atoms. The molecular formula is C14H22N2O3. The summed E-state index contributed by atoms with van der Waals surface area (Å²) in [6.45, 7) is 1.83. The van der Waals surface area contributed by atoms with Gasteiger partial charge in [-0.2, -0.15) is 0 Å². The highest BCUT2D eigenvalue weighted by Crippen LogP contribution is 2.28. The van der Waals surface area contributed by atoms with Crippen LogP contribution in [0.1, 0.15) is 25.7 Å². The summed E-state index contributed by atoms with van der Waals surface area (Å²) in [5.41, 5.74) is 0. The Morgan fingerprint density at radius 3 is 2.42 bits per heavy atom. The Hall–Kier alpha value is -1.36. The van der Waals surface area contributed by atoms with E-state index in [0.29, 0.717) is 12.8 Å². The third kappa shape index (κ3) is 3.35. The topological polar surface area (TPSA) is 69.6 Å². The third-order valence-electron chi connectivity index (χ3n) is 3.92. The fraction of sp³-hybridized carbons (Fsp3) is 0.714. The standard InChI is InChI=1S/C14H22N2O3/c17-10-7-15-13(18)11-5-1-2-6-12(11)14(19)16-8-3-4-9-16/h1-2,11-12,17H,3-10H2,(H,15,18). The van der Waals surface area contributed by atoms with Gasteiger partial charge in [-0.05, 0) is 25.7 Å². The largest absolute Gasteiger partial charge is 0.395 e. The summed E-state index contributed by atoms with van der Waals surface area (Å²) in [6, 6.07) is 0. The molecule has 2 aliphatic rings. The molecule has 1 aliphatic heterocycles. The van der Waals surface area contributed by atoms with Crippen molar-refractivity contribution in [3.05, 3.63) is 12.2 Å². The smallest absolute Gasteiger partial charge is 0.226 e. The van der Waals surface area contributed by atoms with E-state index in [-0.39, 0.29) is 36.8 Å². The molecule has 0 aromatic carbocycles. The summed E-state index contributed by atoms with van der Waals surface area (Å²) in [5, 5.41) is 11.4. The fourth-order valence-corrected chi connectivity index (χ4v) is 2.86. The van der Waals surface area contributed by atoms with Crippen molar-refractivity contribution in [2.24, 2.45) is 11.8 Å². The SMILES string of the molecule is O=C(NCCO)C1CC=CCC1C(=O)N1CCCC1. The predicted molar refractivity (Wildman–Crippen MR) is 71.3 cm³/mol. The monoisotopic (exact) mass is 266 g/mol. The minimum absolute atomic E-state index is 0.0704. The summed E-state index contributed by atoms with van der Waals surface area (Å²) in [5.74, 6) is -0.520. The van der Waals surface area contributed by atoms with E-state index in [1.54, 1.807) is 0 Å². The van der Waals surface area contributed by atoms with Crippen LogP contribution in [0.5, 0.6) is 0 Å². The van der Waals surface area contributed by atoms with Gasteiger partial charge in [-0.25, -0.2) is 0 Å². The van der Waals surface area contributed by atoms with Crippen molar-refractivity contribution in [3.63, 3.8) is 0 Å². The van der Waals surface area contributed by atoms with E-state index in [0.717, 1.165) is 25.9 Å². The first kappa shape index (κ1) is 14.1. The molecule has 1 fully saturated rings. The van der Waals surface area contributed by atoms with E-state index in [1.807, 2.05) is 17.1 Å². The van der Waals surface area contributed by atoms with Crippen LogP contribution < -0.4 is 5.32 Å². The first-order valence-corrected chi connectivity index (χ1v) is 7.06. The van der Waals surface area contributed by atoms with Crippen LogP contribution >= 0.6 is 0 Å². The molecule has 1 heterocycles. The van der Waals surface area contributed by atoms with Crippen molar-refractivity contribution < 1.29 is 14.7 Å². The zero-order valence-corrected chi connectivity index (χ0v) is 11.2. The molecular weight excluding hydrogens is 244 g/mol. The minimum Gasteiger partial charge on any atom is -0.395 e. The number of carbonyl (C=O) groups is 2. The number of aliphatic hydroxyl groups is 1. The fourth-order valence-electron chi connectivity index (χ4n) is 2.86. The number of hydrogen-bond acceptors (Lipinski definition) is 3. The predicted octanol–water partition coefficient (Wildman–Crippen LogP) is 0.300. The molecule has 106 valence electrons. The van der Waals surface area contributed by atoms with Gasteiger partial charge in [-0.3, -0.25) is 9.59 Å². The molecule has 5 heteroatoms. The summed E-state index contributed by atoms with van der Waals surface area (Å²) in [7, 11) is 0. The van der Waals surface area contributed by atoms with Crippen LogP contribution in [-0.2, 0) is 9.59 Å². The van der Waals surface area contributed by atoms with Gasteiger partial charge in [-0.15, -0.1) is 0 Å². The number of rotatable bonds is 4. The van der Waals surface area contributed by atoms with E-state index >= 15 is 0 Å². The number of amides is 2. The highest BCUT2D eigenvalue weighted by Gasteiger charge is 2.36. The van der Waals surface area contributed by atoms with Gasteiger partial charge >= 0.3 is 0 Å². The van der Waals surface area contributed by atoms with Crippen LogP contribution in [-0.4, -0.2) is 48.1 Å². The lowest BCUT2D eigenvalue weighted by molar-refractivity contribution is -0.141. The average molecular weight is 266 g/mol. The molecule has 0 aromatic rings. The van der Waals surface area contributed by atoms with E-state index < -0.39 is 0 Å². The van der Waals surface area contributed by atoms with Crippen LogP contribution in [0.2, 0.25) is 0 Å². The number of hydrogen-bond donors (Lipinski definition) is 2. The maximum atomic E-state index is 12.5. The van der Waals surface area contributed by atoms with E-state index in [4.69, 9.17) is 5.11 Å². The molecule has 0 saturated carbocycles. The van der Waals surface area contributed by atoms with Crippen LogP contribution in [0.25, 0.3) is 0 Å². The van der Waals surface area contributed by atoms with Crippen LogP contribution in [0, 0.1) is 11.8 Å². The van der Waals surface area contributed by atoms with Crippen LogP contribution in [0.3, 0.4) is 0 Å². The van der Waals surface area contributed by atoms with Gasteiger partial charge in [0.15, 0.2) is 0 Å². The molecule has 2 atom stereocenters. The van der Waals surface area contributed by atoms with E-state index in [1.165, 1.54) is 0 Å². The van der Waals surface area contributed by atoms with Gasteiger partial charge in [-0.1, -0.05) is 12.2 Å². The highest BCUT2D eigenvalue weighted by atomic mass is 16.3. The van der Waals surface area contributed by atoms with Crippen LogP contribution in [0.15, 0.2) is 12.2 Å². The normalized spacial score (nSPS) is 26.5. The molecule has 2 amide bonds. The number of carbonyl (C=O) groups excluding carboxylic acids is 2. The molecule has 0 radical (unpaired) electrons. The van der Waals surface area contributed by atoms with Crippen molar-refractivity contribution in [2.75, 3.05) is 26.2 Å². The molecule has 0 aromatic heterocycles. The zero-order valence-electron chi connectivity index (χ0n) is 11.2. The molecule has 2 N–H and O–H groups in total. The van der Waals surface area contributed by atoms with Gasteiger partial charge in [0.1, 0.15) is 0 Å². The quantitative estimate of drug-likeness (QED) is 0.719. The summed E-state index contributed by atoms with van der Waals surface area (Å²) in [4.78, 5) is 26.4. The second-order valence-electron chi connectivity index (χ2n) is 5.20. The molecule has 5 nitrogen and oxygen atoms in total. The Balaban J connectivity index is 2.01. The third-order valence-corrected chi connectivity index (χ3v) is 3.92. The maximum absolute atomic E-state index is 12.5. The lowest BCUT2D eigenvalue weighted by atomic mass is 9.81. The number of likely N-dealkylation sites (tertiary alicyclic amines) is 1. The van der Waals surface area contributed by atoms with Crippen molar-refractivity contribution in [1.82, 2.24) is 10.2 Å². The van der Waals surface area contributed by atoms with Crippen molar-refractivity contribution in [3.8, 4) is 0 Å². The lowest BCUT2D eigenvalue weighted by Gasteiger charge is -2.30. The second kappa shape index (κ2) is 6.70. The Morgan fingerprint density at radius 1 is 1.16 bits per heavy atom. The van der Waals surface area contributed by atoms with Gasteiger partial charge in [0.2, 0.25) is 11.8 Å². The van der Waals surface area contributed by atoms with Crippen molar-refractivity contribution in [1.29, 1.82) is 0 Å². The van der Waals surface area contributed by atoms with Gasteiger partial charge in [0.25, 0.3) is 0 Å². The Labute approximate surface area is 113 Å². The Morgan fingerprint density at radius 2 is 1.79 bits per heavy atom. The Kier molecular flexibility index (Phi) is 4.96. The number of aliphatic hydroxyl groups excluding tert-OH is 1. The summed E-state index contributed by atoms with van der Waals surface area (Å²) < 4.78 is 0. The minimum atomic E-state index is -0.287. The van der Waals surface area contributed by atoms with E-state index in [2.05, 4.69) is 5.32 Å². The Bertz CT molecular complexity index is 362. The number of nitrogens with zero attached hydrogens (tertiary/aromatic N) is 1. The molecule has 19 heavy (non-hydrogen) atoms. The molecule has 1 saturated heterocycles. The zero-order chi connectivity index (χ0) is 13.7. The van der Waals surface area contributed by atoms with Crippen LogP contribution in [0.4, 0.5) is 0 Å². The average Bonchev–Trinajstić information content (AvgIpc) is 2.98. The van der Waals surface area contributed by atoms with Gasteiger partial charge < -0.3 is 15.3 Å². The first-order valence-electron chi connectivity index (χ1n) is 7.06. The maximum Gasteiger partial charge on any atom is 0.226 e. The van der Waals surface area contributed by atoms with Crippen molar-refractivity contribution in [2.45, 2.75) is 25.7 Å². The van der Waals surface area contributed by atoms with Gasteiger partial charge in [0.05, 0.1) is 18.4 Å². The number of nitrogens with one attached hydrogen (secondary N) is 1. The highest BCUT2D eigenvalue weighted by molar-refractivity contribution is 5.88. The summed E-state index contributed by atoms with van der Waals surface area (Å²) in [6.07, 6.45) is 7.35. The molecule has 0 bridgehead atoms. The second-order valence-corrected chi connectivity index (χ2v) is 5.20. The first-order chi connectivity index (χ1) is 9.24. The van der Waals surface area contributed by atoms with E-state index in [9.17, 15) is 9.59 Å². The molecule has 2 unspecified atom stereocenters. The van der Waals surface area contributed by atoms with Gasteiger partial charge in [0, 0.05) is 19.6 Å². The van der Waals surface area contributed by atoms with Crippen molar-refractivity contribution >= 4 is 11.8 Å². The summed E-state index contributed by atoms with van der Waals surface area (Å²) >= 11 is 0. The molecule has 1 aliphatic carbocycles. The molecule has 2 rings (SSSR count).